The highest BCUT2D eigenvalue weighted by atomic mass is 16.5. The normalized spacial score (nSPS) is 9.00. The molecule has 1 aromatic rings. The van der Waals surface area contributed by atoms with Gasteiger partial charge in [-0.1, -0.05) is 0 Å². The minimum atomic E-state index is -0.299. The molecule has 0 unspecified atom stereocenters. The monoisotopic (exact) mass is 137 g/mol. The van der Waals surface area contributed by atoms with E-state index in [1.165, 1.54) is 0 Å². The molecule has 0 radical (unpaired) electrons. The van der Waals surface area contributed by atoms with Gasteiger partial charge in [0, 0.05) is 6.20 Å². The Balaban J connectivity index is 2.81. The summed E-state index contributed by atoms with van der Waals surface area (Å²) in [7, 11) is -0.299. The summed E-state index contributed by atoms with van der Waals surface area (Å²) in [5.41, 5.74) is 0.976. The Hall–Kier alpha value is -1.03. The third kappa shape index (κ3) is 1.48. The van der Waals surface area contributed by atoms with Gasteiger partial charge in [0.2, 0.25) is 0 Å². The number of pyridine rings is 1. The highest BCUT2D eigenvalue weighted by Crippen LogP contribution is 2.12. The summed E-state index contributed by atoms with van der Waals surface area (Å²) < 4.78 is 4.83. The highest BCUT2D eigenvalue weighted by Gasteiger charge is 1.95. The highest BCUT2D eigenvalue weighted by molar-refractivity contribution is 6.17. The lowest BCUT2D eigenvalue weighted by atomic mass is 10.2. The molecule has 0 bridgehead atoms. The molecule has 1 heterocycles. The molecule has 52 valence electrons. The SMILES string of the molecule is Cc1ccncc1OBO. The van der Waals surface area contributed by atoms with Gasteiger partial charge in [-0.05, 0) is 18.6 Å². The fraction of sp³-hybridized carbons (Fsp3) is 0.167. The molecular formula is C6H8BNO2. The Morgan fingerprint density at radius 3 is 3.10 bits per heavy atom. The van der Waals surface area contributed by atoms with Crippen LogP contribution in [0.1, 0.15) is 5.56 Å². The lowest BCUT2D eigenvalue weighted by molar-refractivity contribution is 0.450. The molecule has 0 saturated carbocycles. The molecule has 0 spiro atoms. The second-order valence-electron chi connectivity index (χ2n) is 1.91. The van der Waals surface area contributed by atoms with Gasteiger partial charge in [0.05, 0.1) is 6.20 Å². The lowest BCUT2D eigenvalue weighted by Gasteiger charge is -2.02. The van der Waals surface area contributed by atoms with Gasteiger partial charge < -0.3 is 9.68 Å². The van der Waals surface area contributed by atoms with Crippen molar-refractivity contribution >= 4 is 7.69 Å². The van der Waals surface area contributed by atoms with Crippen molar-refractivity contribution in [1.29, 1.82) is 0 Å². The number of aromatic nitrogens is 1. The molecule has 10 heavy (non-hydrogen) atoms. The maximum Gasteiger partial charge on any atom is 0.504 e. The fourth-order valence-corrected chi connectivity index (χ4v) is 0.670. The van der Waals surface area contributed by atoms with Crippen molar-refractivity contribution in [2.24, 2.45) is 0 Å². The van der Waals surface area contributed by atoms with Crippen LogP contribution in [0.3, 0.4) is 0 Å². The van der Waals surface area contributed by atoms with Gasteiger partial charge in [-0.15, -0.1) is 0 Å². The number of hydrogen-bond acceptors (Lipinski definition) is 3. The van der Waals surface area contributed by atoms with Crippen LogP contribution in [-0.4, -0.2) is 17.7 Å². The van der Waals surface area contributed by atoms with Crippen molar-refractivity contribution in [1.82, 2.24) is 4.98 Å². The standard InChI is InChI=1S/C6H8BNO2/c1-5-2-3-8-4-6(5)10-7-9/h2-4,7,9H,1H3. The summed E-state index contributed by atoms with van der Waals surface area (Å²) in [5.74, 6) is 0.630. The molecule has 0 atom stereocenters. The van der Waals surface area contributed by atoms with Crippen LogP contribution in [0.4, 0.5) is 0 Å². The maximum absolute atomic E-state index is 8.39. The van der Waals surface area contributed by atoms with E-state index in [4.69, 9.17) is 9.68 Å². The first kappa shape index (κ1) is 7.09. The third-order valence-electron chi connectivity index (χ3n) is 1.21. The van der Waals surface area contributed by atoms with Crippen molar-refractivity contribution in [2.75, 3.05) is 0 Å². The van der Waals surface area contributed by atoms with Crippen LogP contribution in [0.5, 0.6) is 5.75 Å². The molecule has 1 rings (SSSR count). The summed E-state index contributed by atoms with van der Waals surface area (Å²) >= 11 is 0. The Morgan fingerprint density at radius 2 is 2.50 bits per heavy atom. The molecule has 0 aromatic carbocycles. The van der Waals surface area contributed by atoms with Crippen LogP contribution in [0, 0.1) is 6.92 Å². The van der Waals surface area contributed by atoms with Crippen molar-refractivity contribution in [2.45, 2.75) is 6.92 Å². The third-order valence-corrected chi connectivity index (χ3v) is 1.21. The van der Waals surface area contributed by atoms with Crippen molar-refractivity contribution in [3.8, 4) is 5.75 Å². The van der Waals surface area contributed by atoms with Crippen LogP contribution >= 0.6 is 0 Å². The number of nitrogens with zero attached hydrogens (tertiary/aromatic N) is 1. The zero-order valence-electron chi connectivity index (χ0n) is 5.74. The van der Waals surface area contributed by atoms with Crippen LogP contribution < -0.4 is 4.65 Å². The van der Waals surface area contributed by atoms with Gasteiger partial charge in [0.15, 0.2) is 0 Å². The van der Waals surface area contributed by atoms with Crippen LogP contribution in [-0.2, 0) is 0 Å². The summed E-state index contributed by atoms with van der Waals surface area (Å²) in [6.07, 6.45) is 3.26. The van der Waals surface area contributed by atoms with E-state index in [9.17, 15) is 0 Å². The van der Waals surface area contributed by atoms with Gasteiger partial charge >= 0.3 is 7.69 Å². The van der Waals surface area contributed by atoms with Gasteiger partial charge in [0.1, 0.15) is 5.75 Å². The van der Waals surface area contributed by atoms with E-state index in [2.05, 4.69) is 4.98 Å². The van der Waals surface area contributed by atoms with Crippen molar-refractivity contribution in [3.05, 3.63) is 24.0 Å². The Morgan fingerprint density at radius 1 is 1.70 bits per heavy atom. The Bertz CT molecular complexity index is 217. The predicted octanol–water partition coefficient (Wildman–Crippen LogP) is 0.0276. The summed E-state index contributed by atoms with van der Waals surface area (Å²) in [5, 5.41) is 8.39. The summed E-state index contributed by atoms with van der Waals surface area (Å²) in [6, 6.07) is 1.82. The summed E-state index contributed by atoms with van der Waals surface area (Å²) in [6.45, 7) is 1.90. The van der Waals surface area contributed by atoms with Gasteiger partial charge in [-0.25, -0.2) is 0 Å². The molecular weight excluding hydrogens is 129 g/mol. The van der Waals surface area contributed by atoms with Crippen LogP contribution in [0.2, 0.25) is 0 Å². The molecule has 0 fully saturated rings. The predicted molar refractivity (Wildman–Crippen MR) is 39.0 cm³/mol. The summed E-state index contributed by atoms with van der Waals surface area (Å²) in [4.78, 5) is 3.83. The molecule has 1 aromatic heterocycles. The first-order chi connectivity index (χ1) is 4.84. The zero-order chi connectivity index (χ0) is 7.40. The van der Waals surface area contributed by atoms with Crippen LogP contribution in [0.15, 0.2) is 18.5 Å². The lowest BCUT2D eigenvalue weighted by Crippen LogP contribution is -2.01. The first-order valence-corrected chi connectivity index (χ1v) is 2.99. The Kier molecular flexibility index (Phi) is 2.28. The molecule has 0 aliphatic heterocycles. The molecule has 0 amide bonds. The molecule has 0 aliphatic rings. The largest absolute Gasteiger partial charge is 0.538 e. The van der Waals surface area contributed by atoms with E-state index in [-0.39, 0.29) is 7.69 Å². The van der Waals surface area contributed by atoms with E-state index >= 15 is 0 Å². The van der Waals surface area contributed by atoms with Gasteiger partial charge in [-0.3, -0.25) is 4.98 Å². The van der Waals surface area contributed by atoms with Crippen molar-refractivity contribution < 1.29 is 9.68 Å². The van der Waals surface area contributed by atoms with Gasteiger partial charge in [-0.2, -0.15) is 0 Å². The first-order valence-electron chi connectivity index (χ1n) is 2.99. The second-order valence-corrected chi connectivity index (χ2v) is 1.91. The fourth-order valence-electron chi connectivity index (χ4n) is 0.670. The quantitative estimate of drug-likeness (QED) is 0.584. The smallest absolute Gasteiger partial charge is 0.504 e. The van der Waals surface area contributed by atoms with Crippen molar-refractivity contribution in [3.63, 3.8) is 0 Å². The molecule has 0 saturated heterocycles. The topological polar surface area (TPSA) is 42.4 Å². The average molecular weight is 137 g/mol. The second kappa shape index (κ2) is 3.22. The minimum absolute atomic E-state index is 0.299. The van der Waals surface area contributed by atoms with Crippen LogP contribution in [0.25, 0.3) is 0 Å². The molecule has 1 N–H and O–H groups in total. The van der Waals surface area contributed by atoms with E-state index < -0.39 is 0 Å². The van der Waals surface area contributed by atoms with E-state index in [0.717, 1.165) is 5.56 Å². The number of rotatable bonds is 2. The minimum Gasteiger partial charge on any atom is -0.538 e. The zero-order valence-corrected chi connectivity index (χ0v) is 5.74. The molecule has 3 nitrogen and oxygen atoms in total. The average Bonchev–Trinajstić information content (AvgIpc) is 1.94. The Labute approximate surface area is 60.0 Å². The number of hydrogen-bond donors (Lipinski definition) is 1. The van der Waals surface area contributed by atoms with E-state index in [0.29, 0.717) is 5.75 Å². The number of aryl methyl sites for hydroxylation is 1. The van der Waals surface area contributed by atoms with E-state index in [1.54, 1.807) is 12.4 Å². The van der Waals surface area contributed by atoms with Gasteiger partial charge in [0.25, 0.3) is 0 Å². The molecule has 4 heteroatoms. The van der Waals surface area contributed by atoms with E-state index in [1.807, 2.05) is 13.0 Å². The molecule has 0 aliphatic carbocycles. The maximum atomic E-state index is 8.39.